The minimum absolute atomic E-state index is 0.0782. The predicted octanol–water partition coefficient (Wildman–Crippen LogP) is 0.992. The maximum Gasteiger partial charge on any atom is 0.253 e. The molecule has 0 aliphatic heterocycles. The first kappa shape index (κ1) is 12.5. The second-order valence-corrected chi connectivity index (χ2v) is 3.83. The molecule has 1 rings (SSSR count). The number of amides is 1. The maximum atomic E-state index is 11.9. The molecule has 1 aromatic carbocycles. The van der Waals surface area contributed by atoms with Gasteiger partial charge in [-0.15, -0.1) is 0 Å². The van der Waals surface area contributed by atoms with Gasteiger partial charge in [-0.25, -0.2) is 0 Å². The lowest BCUT2D eigenvalue weighted by Crippen LogP contribution is -2.32. The van der Waals surface area contributed by atoms with Crippen LogP contribution in [0.25, 0.3) is 0 Å². The number of rotatable bonds is 4. The number of hydrogen-bond acceptors (Lipinski definition) is 3. The summed E-state index contributed by atoms with van der Waals surface area (Å²) in [5.74, 6) is 0.0819. The minimum atomic E-state index is -0.0782. The monoisotopic (exact) mass is 222 g/mol. The molecule has 4 nitrogen and oxygen atoms in total. The van der Waals surface area contributed by atoms with Crippen LogP contribution in [0, 0.1) is 6.92 Å². The van der Waals surface area contributed by atoms with E-state index in [0.717, 1.165) is 12.1 Å². The number of carbonyl (C=O) groups excluding carboxylic acids is 1. The average molecular weight is 222 g/mol. The third-order valence-electron chi connectivity index (χ3n) is 2.50. The van der Waals surface area contributed by atoms with Gasteiger partial charge in [0.05, 0.1) is 0 Å². The van der Waals surface area contributed by atoms with E-state index in [-0.39, 0.29) is 11.7 Å². The van der Waals surface area contributed by atoms with Gasteiger partial charge >= 0.3 is 0 Å². The first-order chi connectivity index (χ1) is 7.56. The van der Waals surface area contributed by atoms with E-state index in [1.165, 1.54) is 6.07 Å². The van der Waals surface area contributed by atoms with Gasteiger partial charge in [-0.3, -0.25) is 4.79 Å². The first-order valence-corrected chi connectivity index (χ1v) is 5.26. The van der Waals surface area contributed by atoms with Crippen molar-refractivity contribution in [1.82, 2.24) is 10.2 Å². The number of aryl methyl sites for hydroxylation is 1. The number of carbonyl (C=O) groups is 1. The molecule has 0 saturated heterocycles. The molecule has 0 spiro atoms. The van der Waals surface area contributed by atoms with E-state index in [9.17, 15) is 9.90 Å². The molecule has 0 heterocycles. The smallest absolute Gasteiger partial charge is 0.253 e. The van der Waals surface area contributed by atoms with E-state index in [2.05, 4.69) is 5.32 Å². The Balaban J connectivity index is 2.76. The van der Waals surface area contributed by atoms with Crippen LogP contribution >= 0.6 is 0 Å². The summed E-state index contributed by atoms with van der Waals surface area (Å²) in [4.78, 5) is 13.5. The van der Waals surface area contributed by atoms with Crippen molar-refractivity contribution in [3.05, 3.63) is 29.3 Å². The topological polar surface area (TPSA) is 52.6 Å². The van der Waals surface area contributed by atoms with Crippen molar-refractivity contribution in [2.75, 3.05) is 27.2 Å². The number of phenols is 1. The van der Waals surface area contributed by atoms with E-state index in [1.807, 2.05) is 7.05 Å². The van der Waals surface area contributed by atoms with Gasteiger partial charge in [0, 0.05) is 25.7 Å². The van der Waals surface area contributed by atoms with Crippen molar-refractivity contribution in [1.29, 1.82) is 0 Å². The molecule has 0 atom stereocenters. The molecule has 0 fully saturated rings. The second-order valence-electron chi connectivity index (χ2n) is 3.83. The summed E-state index contributed by atoms with van der Waals surface area (Å²) in [6.07, 6.45) is 0. The van der Waals surface area contributed by atoms with Gasteiger partial charge in [0.15, 0.2) is 0 Å². The van der Waals surface area contributed by atoms with Gasteiger partial charge in [0.25, 0.3) is 5.91 Å². The maximum absolute atomic E-state index is 11.9. The van der Waals surface area contributed by atoms with Crippen LogP contribution in [0.15, 0.2) is 18.2 Å². The summed E-state index contributed by atoms with van der Waals surface area (Å²) in [6.45, 7) is 3.19. The Kier molecular flexibility index (Phi) is 4.31. The number of benzene rings is 1. The largest absolute Gasteiger partial charge is 0.508 e. The zero-order chi connectivity index (χ0) is 12.1. The standard InChI is InChI=1S/C12H18N2O2/c1-9-4-5-10(8-11(9)15)12(16)14(3)7-6-13-2/h4-5,8,13,15H,6-7H2,1-3H3. The van der Waals surface area contributed by atoms with Crippen LogP contribution in [0.3, 0.4) is 0 Å². The molecule has 0 aliphatic rings. The zero-order valence-electron chi connectivity index (χ0n) is 9.95. The molecular formula is C12H18N2O2. The van der Waals surface area contributed by atoms with E-state index in [1.54, 1.807) is 31.0 Å². The van der Waals surface area contributed by atoms with Gasteiger partial charge in [-0.05, 0) is 31.7 Å². The van der Waals surface area contributed by atoms with Crippen molar-refractivity contribution in [3.8, 4) is 5.75 Å². The quantitative estimate of drug-likeness (QED) is 0.799. The zero-order valence-corrected chi connectivity index (χ0v) is 9.95. The fourth-order valence-corrected chi connectivity index (χ4v) is 1.34. The summed E-state index contributed by atoms with van der Waals surface area (Å²) in [6, 6.07) is 4.98. The fourth-order valence-electron chi connectivity index (χ4n) is 1.34. The molecule has 2 N–H and O–H groups in total. The van der Waals surface area contributed by atoms with E-state index >= 15 is 0 Å². The Morgan fingerprint density at radius 1 is 1.50 bits per heavy atom. The summed E-state index contributed by atoms with van der Waals surface area (Å²) in [5, 5.41) is 12.5. The molecule has 0 radical (unpaired) electrons. The third-order valence-corrected chi connectivity index (χ3v) is 2.50. The Labute approximate surface area is 95.9 Å². The Hall–Kier alpha value is -1.55. The van der Waals surface area contributed by atoms with Crippen molar-refractivity contribution < 1.29 is 9.90 Å². The lowest BCUT2D eigenvalue weighted by atomic mass is 10.1. The van der Waals surface area contributed by atoms with Crippen LogP contribution in [0.5, 0.6) is 5.75 Å². The molecular weight excluding hydrogens is 204 g/mol. The van der Waals surface area contributed by atoms with Crippen LogP contribution < -0.4 is 5.32 Å². The Morgan fingerprint density at radius 3 is 2.75 bits per heavy atom. The highest BCUT2D eigenvalue weighted by atomic mass is 16.3. The van der Waals surface area contributed by atoms with Crippen molar-refractivity contribution in [2.45, 2.75) is 6.92 Å². The molecule has 0 aliphatic carbocycles. The third kappa shape index (κ3) is 2.97. The highest BCUT2D eigenvalue weighted by molar-refractivity contribution is 5.94. The summed E-state index contributed by atoms with van der Waals surface area (Å²) >= 11 is 0. The summed E-state index contributed by atoms with van der Waals surface area (Å²) in [5.41, 5.74) is 1.29. The molecule has 0 aromatic heterocycles. The lowest BCUT2D eigenvalue weighted by molar-refractivity contribution is 0.0796. The number of hydrogen-bond donors (Lipinski definition) is 2. The van der Waals surface area contributed by atoms with E-state index in [0.29, 0.717) is 12.1 Å². The van der Waals surface area contributed by atoms with Gasteiger partial charge in [-0.1, -0.05) is 6.07 Å². The van der Waals surface area contributed by atoms with Crippen molar-refractivity contribution in [2.24, 2.45) is 0 Å². The molecule has 0 saturated carbocycles. The Morgan fingerprint density at radius 2 is 2.19 bits per heavy atom. The van der Waals surface area contributed by atoms with Crippen molar-refractivity contribution in [3.63, 3.8) is 0 Å². The first-order valence-electron chi connectivity index (χ1n) is 5.26. The molecule has 4 heteroatoms. The van der Waals surface area contributed by atoms with Crippen molar-refractivity contribution >= 4 is 5.91 Å². The second kappa shape index (κ2) is 5.51. The van der Waals surface area contributed by atoms with Gasteiger partial charge in [-0.2, -0.15) is 0 Å². The number of phenolic OH excluding ortho intramolecular Hbond substituents is 1. The normalized spacial score (nSPS) is 10.2. The van der Waals surface area contributed by atoms with E-state index < -0.39 is 0 Å². The van der Waals surface area contributed by atoms with Crippen LogP contribution in [-0.2, 0) is 0 Å². The molecule has 0 bridgehead atoms. The molecule has 1 aromatic rings. The van der Waals surface area contributed by atoms with Crippen LogP contribution in [-0.4, -0.2) is 43.1 Å². The summed E-state index contributed by atoms with van der Waals surface area (Å²) in [7, 11) is 3.59. The van der Waals surface area contributed by atoms with Gasteiger partial charge in [0.1, 0.15) is 5.75 Å². The van der Waals surface area contributed by atoms with Gasteiger partial charge < -0.3 is 15.3 Å². The average Bonchev–Trinajstić information content (AvgIpc) is 2.28. The number of nitrogens with zero attached hydrogens (tertiary/aromatic N) is 1. The Bertz CT molecular complexity index is 377. The van der Waals surface area contributed by atoms with Crippen LogP contribution in [0.2, 0.25) is 0 Å². The van der Waals surface area contributed by atoms with Crippen LogP contribution in [0.4, 0.5) is 0 Å². The predicted molar refractivity (Wildman–Crippen MR) is 63.7 cm³/mol. The lowest BCUT2D eigenvalue weighted by Gasteiger charge is -2.17. The molecule has 16 heavy (non-hydrogen) atoms. The van der Waals surface area contributed by atoms with Crippen LogP contribution in [0.1, 0.15) is 15.9 Å². The van der Waals surface area contributed by atoms with E-state index in [4.69, 9.17) is 0 Å². The summed E-state index contributed by atoms with van der Waals surface area (Å²) < 4.78 is 0. The highest BCUT2D eigenvalue weighted by Crippen LogP contribution is 2.18. The molecule has 88 valence electrons. The minimum Gasteiger partial charge on any atom is -0.508 e. The number of aromatic hydroxyl groups is 1. The SMILES string of the molecule is CNCCN(C)C(=O)c1ccc(C)c(O)c1. The number of nitrogens with one attached hydrogen (secondary N) is 1. The number of likely N-dealkylation sites (N-methyl/N-ethyl adjacent to an activating group) is 2. The molecule has 0 unspecified atom stereocenters. The molecule has 1 amide bonds. The highest BCUT2D eigenvalue weighted by Gasteiger charge is 2.12. The van der Waals surface area contributed by atoms with Gasteiger partial charge in [0.2, 0.25) is 0 Å². The fraction of sp³-hybridized carbons (Fsp3) is 0.417.